The largest absolute Gasteiger partial charge is 0.496 e. The van der Waals surface area contributed by atoms with Crippen molar-refractivity contribution >= 4 is 35.0 Å². The molecule has 2 aromatic carbocycles. The minimum absolute atomic E-state index is 0.0984. The molecule has 0 bridgehead atoms. The van der Waals surface area contributed by atoms with E-state index in [1.165, 1.54) is 11.8 Å². The molecule has 1 N–H and O–H groups in total. The van der Waals surface area contributed by atoms with Crippen LogP contribution >= 0.6 is 23.4 Å². The second-order valence-corrected chi connectivity index (χ2v) is 6.98. The zero-order valence-electron chi connectivity index (χ0n) is 15.0. The number of aromatic nitrogens is 3. The number of hydrogen-bond donors (Lipinski definition) is 1. The van der Waals surface area contributed by atoms with Crippen LogP contribution in [0.2, 0.25) is 5.02 Å². The van der Waals surface area contributed by atoms with Crippen LogP contribution in [0.1, 0.15) is 6.92 Å². The van der Waals surface area contributed by atoms with E-state index in [2.05, 4.69) is 15.5 Å². The van der Waals surface area contributed by atoms with E-state index in [1.807, 2.05) is 41.8 Å². The minimum atomic E-state index is -0.0984. The van der Waals surface area contributed by atoms with Crippen molar-refractivity contribution in [3.8, 4) is 17.1 Å². The number of halogens is 1. The summed E-state index contributed by atoms with van der Waals surface area (Å²) in [4.78, 5) is 12.2. The van der Waals surface area contributed by atoms with E-state index < -0.39 is 0 Å². The smallest absolute Gasteiger partial charge is 0.234 e. The van der Waals surface area contributed by atoms with Gasteiger partial charge in [-0.1, -0.05) is 41.6 Å². The highest BCUT2D eigenvalue weighted by Crippen LogP contribution is 2.33. The Bertz CT molecular complexity index is 931. The number of ether oxygens (including phenoxy) is 1. The first kappa shape index (κ1) is 19.3. The number of rotatable bonds is 7. The number of benzene rings is 2. The lowest BCUT2D eigenvalue weighted by molar-refractivity contribution is -0.113. The Hall–Kier alpha value is -2.51. The van der Waals surface area contributed by atoms with Crippen molar-refractivity contribution in [2.24, 2.45) is 0 Å². The van der Waals surface area contributed by atoms with Gasteiger partial charge in [-0.15, -0.1) is 10.2 Å². The lowest BCUT2D eigenvalue weighted by atomic mass is 10.2. The molecule has 0 saturated carbocycles. The average Bonchev–Trinajstić information content (AvgIpc) is 3.10. The van der Waals surface area contributed by atoms with Gasteiger partial charge in [-0.2, -0.15) is 0 Å². The molecule has 0 aliphatic rings. The summed E-state index contributed by atoms with van der Waals surface area (Å²) >= 11 is 7.47. The number of carbonyl (C=O) groups excluding carboxylic acids is 1. The number of methoxy groups -OCH3 is 1. The molecular weight excluding hydrogens is 384 g/mol. The Labute approximate surface area is 166 Å². The quantitative estimate of drug-likeness (QED) is 0.594. The maximum Gasteiger partial charge on any atom is 0.234 e. The van der Waals surface area contributed by atoms with Crippen LogP contribution in [0, 0.1) is 0 Å². The predicted molar refractivity (Wildman–Crippen MR) is 108 cm³/mol. The number of amides is 1. The fourth-order valence-electron chi connectivity index (χ4n) is 2.58. The summed E-state index contributed by atoms with van der Waals surface area (Å²) < 4.78 is 7.36. The lowest BCUT2D eigenvalue weighted by Gasteiger charge is -2.11. The van der Waals surface area contributed by atoms with Gasteiger partial charge in [-0.25, -0.2) is 0 Å². The molecule has 0 unspecified atom stereocenters. The van der Waals surface area contributed by atoms with Crippen molar-refractivity contribution < 1.29 is 9.53 Å². The third-order valence-corrected chi connectivity index (χ3v) is 5.03. The van der Waals surface area contributed by atoms with Crippen LogP contribution in [0.5, 0.6) is 5.75 Å². The average molecular weight is 403 g/mol. The van der Waals surface area contributed by atoms with Crippen molar-refractivity contribution in [1.82, 2.24) is 14.8 Å². The second kappa shape index (κ2) is 8.92. The van der Waals surface area contributed by atoms with Crippen LogP contribution in [0.3, 0.4) is 0 Å². The standard InChI is InChI=1S/C19H19ClN4O2S/c1-3-24-18(15-11-13(20)9-10-16(15)26-2)22-23-19(24)27-12-17(25)21-14-7-5-4-6-8-14/h4-11H,3,12H2,1-2H3,(H,21,25). The zero-order chi connectivity index (χ0) is 19.2. The van der Waals surface area contributed by atoms with Crippen LogP contribution in [0.25, 0.3) is 11.4 Å². The van der Waals surface area contributed by atoms with Gasteiger partial charge in [0.25, 0.3) is 0 Å². The van der Waals surface area contributed by atoms with Crippen molar-refractivity contribution in [3.63, 3.8) is 0 Å². The molecule has 8 heteroatoms. The van der Waals surface area contributed by atoms with E-state index in [1.54, 1.807) is 25.3 Å². The molecule has 0 atom stereocenters. The molecular formula is C19H19ClN4O2S. The topological polar surface area (TPSA) is 69.0 Å². The predicted octanol–water partition coefficient (Wildman–Crippen LogP) is 4.36. The molecule has 0 aliphatic carbocycles. The zero-order valence-corrected chi connectivity index (χ0v) is 16.5. The molecule has 3 aromatic rings. The molecule has 0 fully saturated rings. The molecule has 1 aromatic heterocycles. The maximum atomic E-state index is 12.2. The first-order valence-corrected chi connectivity index (χ1v) is 9.73. The number of carbonyl (C=O) groups is 1. The SMILES string of the molecule is CCn1c(SCC(=O)Nc2ccccc2)nnc1-c1cc(Cl)ccc1OC. The van der Waals surface area contributed by atoms with Gasteiger partial charge in [-0.05, 0) is 37.3 Å². The summed E-state index contributed by atoms with van der Waals surface area (Å²) in [5.74, 6) is 1.46. The molecule has 3 rings (SSSR count). The highest BCUT2D eigenvalue weighted by atomic mass is 35.5. The van der Waals surface area contributed by atoms with E-state index in [-0.39, 0.29) is 11.7 Å². The van der Waals surface area contributed by atoms with E-state index in [4.69, 9.17) is 16.3 Å². The van der Waals surface area contributed by atoms with Gasteiger partial charge in [0.15, 0.2) is 11.0 Å². The Kier molecular flexibility index (Phi) is 6.36. The number of nitrogens with zero attached hydrogens (tertiary/aromatic N) is 3. The molecule has 0 saturated heterocycles. The van der Waals surface area contributed by atoms with Gasteiger partial charge in [0.1, 0.15) is 5.75 Å². The fourth-order valence-corrected chi connectivity index (χ4v) is 3.56. The van der Waals surface area contributed by atoms with Crippen LogP contribution < -0.4 is 10.1 Å². The Balaban J connectivity index is 1.76. The third-order valence-electron chi connectivity index (χ3n) is 3.83. The van der Waals surface area contributed by atoms with Gasteiger partial charge < -0.3 is 14.6 Å². The first-order valence-electron chi connectivity index (χ1n) is 8.37. The second-order valence-electron chi connectivity index (χ2n) is 5.60. The summed E-state index contributed by atoms with van der Waals surface area (Å²) in [5.41, 5.74) is 1.53. The molecule has 1 heterocycles. The maximum absolute atomic E-state index is 12.2. The fraction of sp³-hybridized carbons (Fsp3) is 0.211. The summed E-state index contributed by atoms with van der Waals surface area (Å²) in [6, 6.07) is 14.7. The molecule has 27 heavy (non-hydrogen) atoms. The number of para-hydroxylation sites is 1. The van der Waals surface area contributed by atoms with Gasteiger partial charge >= 0.3 is 0 Å². The number of anilines is 1. The first-order chi connectivity index (χ1) is 13.1. The summed E-state index contributed by atoms with van der Waals surface area (Å²) in [6.45, 7) is 2.65. The number of thioether (sulfide) groups is 1. The van der Waals surface area contributed by atoms with Crippen molar-refractivity contribution in [2.45, 2.75) is 18.6 Å². The van der Waals surface area contributed by atoms with E-state index in [9.17, 15) is 4.79 Å². The summed E-state index contributed by atoms with van der Waals surface area (Å²) in [7, 11) is 1.60. The Morgan fingerprint density at radius 3 is 2.70 bits per heavy atom. The molecule has 0 aliphatic heterocycles. The van der Waals surface area contributed by atoms with Gasteiger partial charge in [0, 0.05) is 17.3 Å². The molecule has 140 valence electrons. The number of nitrogens with one attached hydrogen (secondary N) is 1. The highest BCUT2D eigenvalue weighted by molar-refractivity contribution is 7.99. The van der Waals surface area contributed by atoms with Crippen molar-refractivity contribution in [3.05, 3.63) is 53.6 Å². The number of hydrogen-bond acceptors (Lipinski definition) is 5. The molecule has 0 spiro atoms. The van der Waals surface area contributed by atoms with Crippen LogP contribution in [0.15, 0.2) is 53.7 Å². The molecule has 6 nitrogen and oxygen atoms in total. The van der Waals surface area contributed by atoms with E-state index >= 15 is 0 Å². The van der Waals surface area contributed by atoms with Crippen LogP contribution in [-0.2, 0) is 11.3 Å². The van der Waals surface area contributed by atoms with Gasteiger partial charge in [-0.3, -0.25) is 4.79 Å². The van der Waals surface area contributed by atoms with Crippen molar-refractivity contribution in [2.75, 3.05) is 18.2 Å². The molecule has 0 radical (unpaired) electrons. The van der Waals surface area contributed by atoms with Crippen LogP contribution in [0.4, 0.5) is 5.69 Å². The monoisotopic (exact) mass is 402 g/mol. The lowest BCUT2D eigenvalue weighted by Crippen LogP contribution is -2.14. The van der Waals surface area contributed by atoms with E-state index in [0.29, 0.717) is 28.3 Å². The third kappa shape index (κ3) is 4.61. The Morgan fingerprint density at radius 2 is 2.00 bits per heavy atom. The van der Waals surface area contributed by atoms with E-state index in [0.717, 1.165) is 11.3 Å². The Morgan fingerprint density at radius 1 is 1.22 bits per heavy atom. The van der Waals surface area contributed by atoms with Gasteiger partial charge in [0.2, 0.25) is 5.91 Å². The van der Waals surface area contributed by atoms with Crippen molar-refractivity contribution in [1.29, 1.82) is 0 Å². The normalized spacial score (nSPS) is 10.6. The highest BCUT2D eigenvalue weighted by Gasteiger charge is 2.18. The summed E-state index contributed by atoms with van der Waals surface area (Å²) in [5, 5.41) is 12.6. The summed E-state index contributed by atoms with van der Waals surface area (Å²) in [6.07, 6.45) is 0. The molecule has 1 amide bonds. The van der Waals surface area contributed by atoms with Gasteiger partial charge in [0.05, 0.1) is 18.4 Å². The van der Waals surface area contributed by atoms with Crippen LogP contribution in [-0.4, -0.2) is 33.5 Å². The minimum Gasteiger partial charge on any atom is -0.496 e.